The molecule has 4 rings (SSSR count). The Morgan fingerprint density at radius 1 is 0.929 bits per heavy atom. The Bertz CT molecular complexity index is 1420. The lowest BCUT2D eigenvalue weighted by Crippen LogP contribution is -2.53. The predicted molar refractivity (Wildman–Crippen MR) is 165 cm³/mol. The van der Waals surface area contributed by atoms with E-state index >= 15 is 0 Å². The number of aryl methyl sites for hydroxylation is 1. The zero-order chi connectivity index (χ0) is 30.1. The molecule has 1 saturated carbocycles. The number of anilines is 1. The van der Waals surface area contributed by atoms with Crippen molar-refractivity contribution in [1.82, 2.24) is 10.2 Å². The summed E-state index contributed by atoms with van der Waals surface area (Å²) in [6, 6.07) is 21.9. The summed E-state index contributed by atoms with van der Waals surface area (Å²) < 4.78 is 34.6. The number of nitrogens with zero attached hydrogens (tertiary/aromatic N) is 2. The lowest BCUT2D eigenvalue weighted by Gasteiger charge is -2.33. The molecule has 0 spiro atoms. The molecular weight excluding hydrogens is 550 g/mol. The minimum Gasteiger partial charge on any atom is -0.494 e. The summed E-state index contributed by atoms with van der Waals surface area (Å²) in [5.41, 5.74) is 2.17. The number of hydrogen-bond acceptors (Lipinski definition) is 5. The van der Waals surface area contributed by atoms with Crippen LogP contribution in [-0.4, -0.2) is 50.4 Å². The second kappa shape index (κ2) is 14.4. The maximum atomic E-state index is 14.1. The highest BCUT2D eigenvalue weighted by Crippen LogP contribution is 2.26. The van der Waals surface area contributed by atoms with E-state index in [1.807, 2.05) is 56.3 Å². The second-order valence-corrected chi connectivity index (χ2v) is 12.6. The molecule has 3 aromatic carbocycles. The topological polar surface area (TPSA) is 96.0 Å². The number of sulfonamides is 1. The second-order valence-electron chi connectivity index (χ2n) is 10.8. The molecule has 42 heavy (non-hydrogen) atoms. The molecule has 2 amide bonds. The molecule has 1 aliphatic rings. The average molecular weight is 592 g/mol. The van der Waals surface area contributed by atoms with Crippen LogP contribution in [-0.2, 0) is 26.2 Å². The molecule has 0 aliphatic heterocycles. The van der Waals surface area contributed by atoms with E-state index in [-0.39, 0.29) is 23.4 Å². The van der Waals surface area contributed by atoms with Crippen molar-refractivity contribution >= 4 is 27.5 Å². The molecule has 0 radical (unpaired) electrons. The first-order valence-electron chi connectivity index (χ1n) is 14.6. The molecule has 1 aliphatic carbocycles. The minimum absolute atomic E-state index is 0.0389. The molecule has 3 aromatic rings. The Labute approximate surface area is 249 Å². The molecule has 0 heterocycles. The Morgan fingerprint density at radius 2 is 1.57 bits per heavy atom. The summed E-state index contributed by atoms with van der Waals surface area (Å²) in [5, 5.41) is 3.13. The normalized spacial score (nSPS) is 14.5. The molecule has 0 bridgehead atoms. The fraction of sp³-hybridized carbons (Fsp3) is 0.394. The maximum Gasteiger partial charge on any atom is 0.264 e. The number of nitrogens with one attached hydrogen (secondary N) is 1. The zero-order valence-electron chi connectivity index (χ0n) is 24.7. The van der Waals surface area contributed by atoms with Gasteiger partial charge in [-0.25, -0.2) is 8.42 Å². The molecule has 1 atom stereocenters. The van der Waals surface area contributed by atoms with Crippen LogP contribution in [0.25, 0.3) is 0 Å². The smallest absolute Gasteiger partial charge is 0.264 e. The number of rotatable bonds is 12. The summed E-state index contributed by atoms with van der Waals surface area (Å²) in [6.07, 6.45) is 5.15. The van der Waals surface area contributed by atoms with E-state index in [9.17, 15) is 18.0 Å². The molecule has 1 N–H and O–H groups in total. The highest BCUT2D eigenvalue weighted by atomic mass is 32.2. The number of carbonyl (C=O) groups excluding carboxylic acids is 2. The monoisotopic (exact) mass is 591 g/mol. The number of ether oxygens (including phenoxy) is 1. The van der Waals surface area contributed by atoms with Crippen molar-refractivity contribution in [2.24, 2.45) is 0 Å². The van der Waals surface area contributed by atoms with E-state index in [0.717, 1.165) is 47.5 Å². The van der Waals surface area contributed by atoms with Crippen molar-refractivity contribution in [3.63, 3.8) is 0 Å². The standard InChI is InChI=1S/C33H41N3O5S/c1-4-41-30-19-21-31(22-20-30)42(39,40)36(29-17-15-25(2)16-18-29)24-32(37)35(23-27-11-7-5-8-12-27)26(3)33(38)34-28-13-9-6-10-14-28/h5,7-8,11-12,15-22,26,28H,4,6,9-10,13-14,23-24H2,1-3H3,(H,34,38). The predicted octanol–water partition coefficient (Wildman–Crippen LogP) is 5.46. The van der Waals surface area contributed by atoms with Gasteiger partial charge in [0.25, 0.3) is 10.0 Å². The molecule has 0 saturated heterocycles. The number of carbonyl (C=O) groups is 2. The van der Waals surface area contributed by atoms with Crippen LogP contribution < -0.4 is 14.4 Å². The molecule has 9 heteroatoms. The first-order valence-corrected chi connectivity index (χ1v) is 16.1. The van der Waals surface area contributed by atoms with Crippen molar-refractivity contribution < 1.29 is 22.7 Å². The van der Waals surface area contributed by atoms with Gasteiger partial charge in [0.1, 0.15) is 18.3 Å². The van der Waals surface area contributed by atoms with E-state index in [4.69, 9.17) is 4.74 Å². The lowest BCUT2D eigenvalue weighted by atomic mass is 9.95. The van der Waals surface area contributed by atoms with Crippen LogP contribution in [0.4, 0.5) is 5.69 Å². The van der Waals surface area contributed by atoms with Crippen LogP contribution in [0.2, 0.25) is 0 Å². The van der Waals surface area contributed by atoms with Crippen LogP contribution in [0.3, 0.4) is 0 Å². The molecule has 0 aromatic heterocycles. The first-order chi connectivity index (χ1) is 20.2. The summed E-state index contributed by atoms with van der Waals surface area (Å²) in [6.45, 7) is 5.63. The van der Waals surface area contributed by atoms with Gasteiger partial charge < -0.3 is 15.0 Å². The Morgan fingerprint density at radius 3 is 2.19 bits per heavy atom. The number of benzene rings is 3. The summed E-state index contributed by atoms with van der Waals surface area (Å²) in [4.78, 5) is 29.0. The van der Waals surface area contributed by atoms with Gasteiger partial charge in [0.15, 0.2) is 0 Å². The van der Waals surface area contributed by atoms with Gasteiger partial charge in [0.2, 0.25) is 11.8 Å². The summed E-state index contributed by atoms with van der Waals surface area (Å²) in [7, 11) is -4.14. The van der Waals surface area contributed by atoms with Crippen molar-refractivity contribution in [2.75, 3.05) is 17.5 Å². The molecule has 8 nitrogen and oxygen atoms in total. The first kappa shape index (κ1) is 31.1. The highest BCUT2D eigenvalue weighted by Gasteiger charge is 2.33. The maximum absolute atomic E-state index is 14.1. The van der Waals surface area contributed by atoms with Crippen molar-refractivity contribution in [3.8, 4) is 5.75 Å². The SMILES string of the molecule is CCOc1ccc(S(=O)(=O)N(CC(=O)N(Cc2ccccc2)C(C)C(=O)NC2CCCCC2)c2ccc(C)cc2)cc1. The van der Waals surface area contributed by atoms with Crippen LogP contribution in [0, 0.1) is 6.92 Å². The van der Waals surface area contributed by atoms with Gasteiger partial charge in [-0.2, -0.15) is 0 Å². The average Bonchev–Trinajstić information content (AvgIpc) is 3.00. The van der Waals surface area contributed by atoms with Crippen molar-refractivity contribution in [1.29, 1.82) is 0 Å². The van der Waals surface area contributed by atoms with Crippen LogP contribution in [0.1, 0.15) is 57.1 Å². The van der Waals surface area contributed by atoms with Gasteiger partial charge in [0, 0.05) is 12.6 Å². The van der Waals surface area contributed by atoms with E-state index in [1.165, 1.54) is 17.0 Å². The third-order valence-corrected chi connectivity index (χ3v) is 9.43. The minimum atomic E-state index is -4.14. The Balaban J connectivity index is 1.65. The Kier molecular flexibility index (Phi) is 10.6. The van der Waals surface area contributed by atoms with Crippen LogP contribution in [0.15, 0.2) is 83.8 Å². The fourth-order valence-corrected chi connectivity index (χ4v) is 6.59. The van der Waals surface area contributed by atoms with Gasteiger partial charge in [-0.1, -0.05) is 67.3 Å². The largest absolute Gasteiger partial charge is 0.494 e. The van der Waals surface area contributed by atoms with Gasteiger partial charge >= 0.3 is 0 Å². The van der Waals surface area contributed by atoms with Crippen molar-refractivity contribution in [2.45, 2.75) is 76.4 Å². The van der Waals surface area contributed by atoms with Crippen molar-refractivity contribution in [3.05, 3.63) is 90.0 Å². The highest BCUT2D eigenvalue weighted by molar-refractivity contribution is 7.92. The van der Waals surface area contributed by atoms with Crippen LogP contribution in [0.5, 0.6) is 5.75 Å². The third kappa shape index (κ3) is 7.91. The van der Waals surface area contributed by atoms with Gasteiger partial charge in [0.05, 0.1) is 17.2 Å². The Hall–Kier alpha value is -3.85. The third-order valence-electron chi connectivity index (χ3n) is 7.64. The number of hydrogen-bond donors (Lipinski definition) is 1. The lowest BCUT2D eigenvalue weighted by molar-refractivity contribution is -0.139. The summed E-state index contributed by atoms with van der Waals surface area (Å²) >= 11 is 0. The van der Waals surface area contributed by atoms with Crippen LogP contribution >= 0.6 is 0 Å². The van der Waals surface area contributed by atoms with Gasteiger partial charge in [-0.15, -0.1) is 0 Å². The van der Waals surface area contributed by atoms with E-state index in [1.54, 1.807) is 31.2 Å². The van der Waals surface area contributed by atoms with Gasteiger partial charge in [-0.3, -0.25) is 13.9 Å². The summed E-state index contributed by atoms with van der Waals surface area (Å²) in [5.74, 6) is -0.149. The van der Waals surface area contributed by atoms with E-state index in [0.29, 0.717) is 18.0 Å². The van der Waals surface area contributed by atoms with E-state index < -0.39 is 28.5 Å². The van der Waals surface area contributed by atoms with Gasteiger partial charge in [-0.05, 0) is 75.6 Å². The quantitative estimate of drug-likeness (QED) is 0.302. The fourth-order valence-electron chi connectivity index (χ4n) is 5.17. The molecule has 1 unspecified atom stereocenters. The number of amides is 2. The molecule has 1 fully saturated rings. The molecular formula is C33H41N3O5S. The van der Waals surface area contributed by atoms with E-state index in [2.05, 4.69) is 5.32 Å². The zero-order valence-corrected chi connectivity index (χ0v) is 25.5. The molecule has 224 valence electrons.